The first-order chi connectivity index (χ1) is 16.9. The molecule has 35 heavy (non-hydrogen) atoms. The Morgan fingerprint density at radius 1 is 0.971 bits per heavy atom. The number of hydrogen-bond donors (Lipinski definition) is 0. The zero-order valence-electron chi connectivity index (χ0n) is 19.4. The predicted octanol–water partition coefficient (Wildman–Crippen LogP) is 4.70. The van der Waals surface area contributed by atoms with Gasteiger partial charge in [0, 0.05) is 0 Å². The molecule has 0 aliphatic carbocycles. The van der Waals surface area contributed by atoms with Crippen LogP contribution in [0.1, 0.15) is 35.7 Å². The molecule has 8 heteroatoms. The van der Waals surface area contributed by atoms with Crippen LogP contribution in [0, 0.1) is 6.92 Å². The van der Waals surface area contributed by atoms with Gasteiger partial charge < -0.3 is 14.2 Å². The molecule has 0 saturated carbocycles. The van der Waals surface area contributed by atoms with E-state index in [1.54, 1.807) is 55.5 Å². The molecule has 3 aromatic rings. The summed E-state index contributed by atoms with van der Waals surface area (Å²) in [6, 6.07) is 19.5. The first kappa shape index (κ1) is 23.1. The molecular formula is C27H25NO6S. The van der Waals surface area contributed by atoms with E-state index in [0.717, 1.165) is 5.56 Å². The SMILES string of the molecule is CCOC(=O)C1=C[C@@H](c2ccc3c(c2)OCO3)N(S(=O)(=O)c2ccc(C)cc2)[C@H]1c1ccccc1. The first-order valence-corrected chi connectivity index (χ1v) is 12.8. The molecule has 2 heterocycles. The third-order valence-electron chi connectivity index (χ3n) is 6.12. The van der Waals surface area contributed by atoms with E-state index in [1.165, 1.54) is 4.31 Å². The van der Waals surface area contributed by atoms with Gasteiger partial charge in [-0.15, -0.1) is 0 Å². The van der Waals surface area contributed by atoms with E-state index in [2.05, 4.69) is 0 Å². The number of sulfonamides is 1. The van der Waals surface area contributed by atoms with Crippen LogP contribution in [0.25, 0.3) is 0 Å². The molecule has 0 spiro atoms. The average Bonchev–Trinajstić information content (AvgIpc) is 3.50. The van der Waals surface area contributed by atoms with Gasteiger partial charge in [-0.2, -0.15) is 4.31 Å². The summed E-state index contributed by atoms with van der Waals surface area (Å²) in [6.07, 6.45) is 1.68. The second-order valence-electron chi connectivity index (χ2n) is 8.36. The van der Waals surface area contributed by atoms with Gasteiger partial charge in [-0.05, 0) is 55.3 Å². The molecule has 2 aliphatic rings. The number of nitrogens with zero attached hydrogens (tertiary/aromatic N) is 1. The molecule has 5 rings (SSSR count). The third kappa shape index (κ3) is 4.19. The highest BCUT2D eigenvalue weighted by Crippen LogP contribution is 2.48. The highest BCUT2D eigenvalue weighted by Gasteiger charge is 2.47. The summed E-state index contributed by atoms with van der Waals surface area (Å²) in [5.74, 6) is 0.576. The molecule has 0 aromatic heterocycles. The summed E-state index contributed by atoms with van der Waals surface area (Å²) < 4.78 is 46.0. The van der Waals surface area contributed by atoms with Gasteiger partial charge in [0.15, 0.2) is 11.5 Å². The van der Waals surface area contributed by atoms with E-state index >= 15 is 0 Å². The van der Waals surface area contributed by atoms with Crippen molar-refractivity contribution in [2.75, 3.05) is 13.4 Å². The molecule has 2 atom stereocenters. The molecule has 0 fully saturated rings. The van der Waals surface area contributed by atoms with Crippen molar-refractivity contribution < 1.29 is 27.4 Å². The van der Waals surface area contributed by atoms with Crippen LogP contribution >= 0.6 is 0 Å². The Morgan fingerprint density at radius 2 is 1.69 bits per heavy atom. The highest BCUT2D eigenvalue weighted by atomic mass is 32.2. The van der Waals surface area contributed by atoms with Gasteiger partial charge >= 0.3 is 5.97 Å². The fraction of sp³-hybridized carbons (Fsp3) is 0.222. The average molecular weight is 492 g/mol. The third-order valence-corrected chi connectivity index (χ3v) is 7.98. The van der Waals surface area contributed by atoms with Gasteiger partial charge in [0.2, 0.25) is 16.8 Å². The lowest BCUT2D eigenvalue weighted by molar-refractivity contribution is -0.138. The van der Waals surface area contributed by atoms with E-state index in [-0.39, 0.29) is 23.9 Å². The van der Waals surface area contributed by atoms with Gasteiger partial charge in [0.25, 0.3) is 0 Å². The lowest BCUT2D eigenvalue weighted by Gasteiger charge is -2.31. The zero-order chi connectivity index (χ0) is 24.6. The number of esters is 1. The molecule has 0 saturated heterocycles. The standard InChI is InChI=1S/C27H25NO6S/c1-3-32-27(29)22-16-23(20-11-14-24-25(15-20)34-17-33-24)28(26(22)19-7-5-4-6-8-19)35(30,31)21-12-9-18(2)10-13-21/h4-16,23,26H,3,17H2,1-2H3/t23-,26-/m0/s1. The topological polar surface area (TPSA) is 82.1 Å². The molecule has 0 unspecified atom stereocenters. The van der Waals surface area contributed by atoms with Crippen molar-refractivity contribution in [2.45, 2.75) is 30.8 Å². The van der Waals surface area contributed by atoms with Crippen LogP contribution in [0.15, 0.2) is 89.3 Å². The molecular weight excluding hydrogens is 466 g/mol. The van der Waals surface area contributed by atoms with Crippen molar-refractivity contribution in [3.05, 3.63) is 101 Å². The van der Waals surface area contributed by atoms with Crippen molar-refractivity contribution in [1.29, 1.82) is 0 Å². The van der Waals surface area contributed by atoms with Gasteiger partial charge in [0.1, 0.15) is 0 Å². The molecule has 0 bridgehead atoms. The lowest BCUT2D eigenvalue weighted by Crippen LogP contribution is -2.35. The van der Waals surface area contributed by atoms with Gasteiger partial charge in [0.05, 0.1) is 29.2 Å². The number of hydrogen-bond acceptors (Lipinski definition) is 6. The quantitative estimate of drug-likeness (QED) is 0.465. The largest absolute Gasteiger partial charge is 0.463 e. The van der Waals surface area contributed by atoms with Crippen LogP contribution in [0.5, 0.6) is 11.5 Å². The van der Waals surface area contributed by atoms with Crippen molar-refractivity contribution in [1.82, 2.24) is 4.31 Å². The molecule has 0 amide bonds. The number of benzene rings is 3. The number of rotatable bonds is 6. The highest BCUT2D eigenvalue weighted by molar-refractivity contribution is 7.89. The fourth-order valence-electron chi connectivity index (χ4n) is 4.45. The van der Waals surface area contributed by atoms with Gasteiger partial charge in [-0.3, -0.25) is 0 Å². The number of ether oxygens (including phenoxy) is 3. The fourth-order valence-corrected chi connectivity index (χ4v) is 6.17. The molecule has 0 radical (unpaired) electrons. The van der Waals surface area contributed by atoms with Crippen LogP contribution in [0.3, 0.4) is 0 Å². The van der Waals surface area contributed by atoms with Crippen molar-refractivity contribution in [2.24, 2.45) is 0 Å². The summed E-state index contributed by atoms with van der Waals surface area (Å²) in [5.41, 5.74) is 2.55. The summed E-state index contributed by atoms with van der Waals surface area (Å²) >= 11 is 0. The monoisotopic (exact) mass is 491 g/mol. The van der Waals surface area contributed by atoms with E-state index in [4.69, 9.17) is 14.2 Å². The van der Waals surface area contributed by atoms with Crippen LogP contribution < -0.4 is 9.47 Å². The van der Waals surface area contributed by atoms with E-state index in [9.17, 15) is 13.2 Å². The Bertz CT molecular complexity index is 1380. The maximum Gasteiger partial charge on any atom is 0.335 e. The van der Waals surface area contributed by atoms with Crippen molar-refractivity contribution >= 4 is 16.0 Å². The Morgan fingerprint density at radius 3 is 2.40 bits per heavy atom. The smallest absolute Gasteiger partial charge is 0.335 e. The number of carbonyl (C=O) groups is 1. The second-order valence-corrected chi connectivity index (χ2v) is 10.2. The van der Waals surface area contributed by atoms with Gasteiger partial charge in [-0.1, -0.05) is 54.1 Å². The summed E-state index contributed by atoms with van der Waals surface area (Å²) in [6.45, 7) is 3.90. The molecule has 7 nitrogen and oxygen atoms in total. The summed E-state index contributed by atoms with van der Waals surface area (Å²) in [4.78, 5) is 13.2. The molecule has 180 valence electrons. The Balaban J connectivity index is 1.71. The number of fused-ring (bicyclic) bond motifs is 1. The Kier molecular flexibility index (Phi) is 6.08. The van der Waals surface area contributed by atoms with Crippen molar-refractivity contribution in [3.8, 4) is 11.5 Å². The van der Waals surface area contributed by atoms with E-state index < -0.39 is 28.1 Å². The molecule has 0 N–H and O–H groups in total. The first-order valence-electron chi connectivity index (χ1n) is 11.3. The van der Waals surface area contributed by atoms with Gasteiger partial charge in [-0.25, -0.2) is 13.2 Å². The zero-order valence-corrected chi connectivity index (χ0v) is 20.2. The van der Waals surface area contributed by atoms with Crippen LogP contribution in [0.4, 0.5) is 0 Å². The van der Waals surface area contributed by atoms with E-state index in [1.807, 2.05) is 37.3 Å². The van der Waals surface area contributed by atoms with Crippen LogP contribution in [-0.2, 0) is 19.6 Å². The van der Waals surface area contributed by atoms with Crippen LogP contribution in [-0.4, -0.2) is 32.1 Å². The minimum Gasteiger partial charge on any atom is -0.463 e. The minimum absolute atomic E-state index is 0.103. The van der Waals surface area contributed by atoms with Crippen LogP contribution in [0.2, 0.25) is 0 Å². The second kappa shape index (κ2) is 9.20. The molecule has 2 aliphatic heterocycles. The predicted molar refractivity (Wildman–Crippen MR) is 129 cm³/mol. The van der Waals surface area contributed by atoms with E-state index in [0.29, 0.717) is 22.6 Å². The molecule has 3 aromatic carbocycles. The maximum absolute atomic E-state index is 14.2. The number of aryl methyl sites for hydroxylation is 1. The summed E-state index contributed by atoms with van der Waals surface area (Å²) in [5, 5.41) is 0. The Hall–Kier alpha value is -3.62. The lowest BCUT2D eigenvalue weighted by atomic mass is 10.0. The normalized spacial score (nSPS) is 19.4. The minimum atomic E-state index is -4.04. The number of carbonyl (C=O) groups excluding carboxylic acids is 1. The maximum atomic E-state index is 14.2. The van der Waals surface area contributed by atoms with Crippen molar-refractivity contribution in [3.63, 3.8) is 0 Å². The summed E-state index contributed by atoms with van der Waals surface area (Å²) in [7, 11) is -4.04. The Labute approximate surface area is 204 Å².